The highest BCUT2D eigenvalue weighted by atomic mass is 19.1. The summed E-state index contributed by atoms with van der Waals surface area (Å²) in [6, 6.07) is -0.196. The number of hydrogen-bond donors (Lipinski definition) is 2. The number of nitrogens with one attached hydrogen (secondary N) is 1. The summed E-state index contributed by atoms with van der Waals surface area (Å²) in [5, 5.41) is 13.3. The van der Waals surface area contributed by atoms with Crippen molar-refractivity contribution in [1.29, 1.82) is 0 Å². The first-order valence-corrected chi connectivity index (χ1v) is 15.1. The van der Waals surface area contributed by atoms with Gasteiger partial charge in [0.2, 0.25) is 5.91 Å². The van der Waals surface area contributed by atoms with E-state index in [0.717, 1.165) is 45.2 Å². The number of nitrogens with zero attached hydrogens (tertiary/aromatic N) is 1. The minimum absolute atomic E-state index is 0.0189. The molecule has 0 aromatic carbocycles. The van der Waals surface area contributed by atoms with E-state index in [2.05, 4.69) is 10.2 Å². The molecular formula is C29H47FN2O4. The van der Waals surface area contributed by atoms with Crippen LogP contribution in [0.5, 0.6) is 0 Å². The number of aliphatic carboxylic acids is 1. The number of hydrogen-bond acceptors (Lipinski definition) is 4. The second-order valence-electron chi connectivity index (χ2n) is 12.5. The number of carbonyl (C=O) groups excluding carboxylic acids is 1. The second kappa shape index (κ2) is 12.1. The Morgan fingerprint density at radius 3 is 2.22 bits per heavy atom. The fourth-order valence-electron chi connectivity index (χ4n) is 8.15. The van der Waals surface area contributed by atoms with E-state index in [1.807, 2.05) is 0 Å². The van der Waals surface area contributed by atoms with Gasteiger partial charge in [0.1, 0.15) is 6.17 Å². The zero-order valence-electron chi connectivity index (χ0n) is 21.9. The third kappa shape index (κ3) is 6.09. The van der Waals surface area contributed by atoms with Gasteiger partial charge in [-0.15, -0.1) is 0 Å². The van der Waals surface area contributed by atoms with Crippen molar-refractivity contribution in [2.75, 3.05) is 13.1 Å². The summed E-state index contributed by atoms with van der Waals surface area (Å²) in [5.74, 6) is -0.970. The maximum absolute atomic E-state index is 14.4. The molecule has 5 fully saturated rings. The number of carbonyl (C=O) groups is 2. The number of alkyl halides is 1. The molecule has 0 aromatic heterocycles. The van der Waals surface area contributed by atoms with E-state index in [0.29, 0.717) is 37.2 Å². The highest BCUT2D eigenvalue weighted by Crippen LogP contribution is 2.39. The lowest BCUT2D eigenvalue weighted by atomic mass is 9.78. The molecule has 8 unspecified atom stereocenters. The summed E-state index contributed by atoms with van der Waals surface area (Å²) in [6.45, 7) is 1.78. The molecule has 5 rings (SSSR count). The van der Waals surface area contributed by atoms with Crippen molar-refractivity contribution in [2.24, 2.45) is 23.7 Å². The van der Waals surface area contributed by atoms with Crippen molar-refractivity contribution in [3.8, 4) is 0 Å². The molecule has 1 heterocycles. The topological polar surface area (TPSA) is 78.9 Å². The smallest absolute Gasteiger partial charge is 0.308 e. The van der Waals surface area contributed by atoms with Gasteiger partial charge < -0.3 is 15.2 Å². The lowest BCUT2D eigenvalue weighted by Crippen LogP contribution is -2.54. The molecule has 36 heavy (non-hydrogen) atoms. The van der Waals surface area contributed by atoms with E-state index in [4.69, 9.17) is 4.74 Å². The van der Waals surface area contributed by atoms with Crippen LogP contribution in [0.3, 0.4) is 0 Å². The van der Waals surface area contributed by atoms with Crippen LogP contribution >= 0.6 is 0 Å². The number of rotatable bonds is 5. The molecule has 1 amide bonds. The molecule has 2 N–H and O–H groups in total. The summed E-state index contributed by atoms with van der Waals surface area (Å²) in [4.78, 5) is 27.8. The third-order valence-corrected chi connectivity index (χ3v) is 10.2. The zero-order chi connectivity index (χ0) is 25.1. The molecule has 7 heteroatoms. The van der Waals surface area contributed by atoms with E-state index in [1.54, 1.807) is 0 Å². The summed E-state index contributed by atoms with van der Waals surface area (Å²) < 4.78 is 21.2. The van der Waals surface area contributed by atoms with E-state index >= 15 is 0 Å². The van der Waals surface area contributed by atoms with Crippen LogP contribution in [-0.2, 0) is 14.3 Å². The summed E-state index contributed by atoms with van der Waals surface area (Å²) in [5.41, 5.74) is 0. The Morgan fingerprint density at radius 2 is 1.44 bits per heavy atom. The van der Waals surface area contributed by atoms with Gasteiger partial charge in [0.15, 0.2) is 0 Å². The Balaban J connectivity index is 1.27. The number of ether oxygens (including phenoxy) is 1. The number of carboxylic acid groups (broad SMARTS) is 1. The first kappa shape index (κ1) is 26.4. The van der Waals surface area contributed by atoms with Crippen LogP contribution in [0.2, 0.25) is 0 Å². The fourth-order valence-corrected chi connectivity index (χ4v) is 8.15. The number of carboxylic acids is 1. The largest absolute Gasteiger partial charge is 0.481 e. The molecule has 0 aromatic rings. The van der Waals surface area contributed by atoms with Crippen molar-refractivity contribution in [3.63, 3.8) is 0 Å². The minimum atomic E-state index is -1.07. The fraction of sp³-hybridized carbons (Fsp3) is 0.931. The first-order chi connectivity index (χ1) is 17.5. The summed E-state index contributed by atoms with van der Waals surface area (Å²) in [6.07, 6.45) is 15.4. The highest BCUT2D eigenvalue weighted by molar-refractivity contribution is 5.80. The molecule has 6 nitrogen and oxygen atoms in total. The molecule has 1 saturated heterocycles. The molecule has 4 aliphatic carbocycles. The van der Waals surface area contributed by atoms with E-state index in [-0.39, 0.29) is 24.1 Å². The van der Waals surface area contributed by atoms with Crippen molar-refractivity contribution in [3.05, 3.63) is 0 Å². The quantitative estimate of drug-likeness (QED) is 0.543. The molecule has 0 bridgehead atoms. The Kier molecular flexibility index (Phi) is 8.87. The normalized spacial score (nSPS) is 41.1. The molecule has 4 saturated carbocycles. The van der Waals surface area contributed by atoms with E-state index in [1.165, 1.54) is 51.4 Å². The molecular weight excluding hydrogens is 459 g/mol. The van der Waals surface area contributed by atoms with Gasteiger partial charge in [-0.05, 0) is 69.6 Å². The summed E-state index contributed by atoms with van der Waals surface area (Å²) in [7, 11) is 0. The Labute approximate surface area is 216 Å². The average molecular weight is 507 g/mol. The first-order valence-electron chi connectivity index (χ1n) is 15.1. The van der Waals surface area contributed by atoms with Crippen molar-refractivity contribution in [2.45, 2.75) is 133 Å². The van der Waals surface area contributed by atoms with Crippen LogP contribution in [0.4, 0.5) is 4.39 Å². The molecule has 0 radical (unpaired) electrons. The second-order valence-corrected chi connectivity index (χ2v) is 12.5. The summed E-state index contributed by atoms with van der Waals surface area (Å²) >= 11 is 0. The van der Waals surface area contributed by atoms with Crippen LogP contribution in [-0.4, -0.2) is 65.4 Å². The lowest BCUT2D eigenvalue weighted by Gasteiger charge is -2.43. The molecule has 204 valence electrons. The van der Waals surface area contributed by atoms with Crippen LogP contribution in [0.1, 0.15) is 103 Å². The van der Waals surface area contributed by atoms with E-state index < -0.39 is 24.0 Å². The number of halogens is 1. The van der Waals surface area contributed by atoms with Crippen molar-refractivity contribution >= 4 is 11.9 Å². The van der Waals surface area contributed by atoms with Gasteiger partial charge in [0.25, 0.3) is 0 Å². The van der Waals surface area contributed by atoms with Gasteiger partial charge in [0.05, 0.1) is 24.0 Å². The van der Waals surface area contributed by atoms with Crippen LogP contribution in [0, 0.1) is 23.7 Å². The van der Waals surface area contributed by atoms with Gasteiger partial charge in [-0.3, -0.25) is 14.5 Å². The average Bonchev–Trinajstić information content (AvgIpc) is 3.09. The number of amides is 1. The maximum atomic E-state index is 14.4. The highest BCUT2D eigenvalue weighted by Gasteiger charge is 2.45. The van der Waals surface area contributed by atoms with Crippen molar-refractivity contribution < 1.29 is 23.8 Å². The molecule has 8 atom stereocenters. The van der Waals surface area contributed by atoms with Crippen LogP contribution in [0.25, 0.3) is 0 Å². The minimum Gasteiger partial charge on any atom is -0.481 e. The standard InChI is InChI=1S/C29H47FN2O4/c30-24-12-6-5-11-22(24)28(33)31-21-14-15-25(23(16-21)29(34)35)32-17-20-10-4-7-13-26(20)36-27(18-32)19-8-2-1-3-9-19/h19-27H,1-18H2,(H,31,33)(H,34,35). The van der Waals surface area contributed by atoms with E-state index in [9.17, 15) is 19.1 Å². The van der Waals surface area contributed by atoms with Gasteiger partial charge in [0, 0.05) is 25.2 Å². The molecule has 0 spiro atoms. The number of fused-ring (bicyclic) bond motifs is 1. The van der Waals surface area contributed by atoms with Gasteiger partial charge in [-0.2, -0.15) is 0 Å². The van der Waals surface area contributed by atoms with Gasteiger partial charge >= 0.3 is 5.97 Å². The van der Waals surface area contributed by atoms with Crippen LogP contribution in [0.15, 0.2) is 0 Å². The van der Waals surface area contributed by atoms with Crippen LogP contribution < -0.4 is 5.32 Å². The SMILES string of the molecule is O=C(NC1CCC(N2CC3CCCCC3OC(C3CCCCC3)C2)C(C(=O)O)C1)C1CCCCC1F. The van der Waals surface area contributed by atoms with Gasteiger partial charge in [-0.1, -0.05) is 44.9 Å². The van der Waals surface area contributed by atoms with Crippen molar-refractivity contribution in [1.82, 2.24) is 10.2 Å². The van der Waals surface area contributed by atoms with Gasteiger partial charge in [-0.25, -0.2) is 4.39 Å². The predicted octanol–water partition coefficient (Wildman–Crippen LogP) is 5.09. The lowest BCUT2D eigenvalue weighted by molar-refractivity contribution is -0.147. The molecule has 1 aliphatic heterocycles. The Morgan fingerprint density at radius 1 is 0.750 bits per heavy atom. The third-order valence-electron chi connectivity index (χ3n) is 10.2. The zero-order valence-corrected chi connectivity index (χ0v) is 21.9. The molecule has 5 aliphatic rings. The predicted molar refractivity (Wildman–Crippen MR) is 136 cm³/mol. The Bertz CT molecular complexity index is 760. The monoisotopic (exact) mass is 506 g/mol. The maximum Gasteiger partial charge on any atom is 0.308 e. The Hall–Kier alpha value is -1.21.